The predicted octanol–water partition coefficient (Wildman–Crippen LogP) is 5.19. The van der Waals surface area contributed by atoms with Gasteiger partial charge in [0.1, 0.15) is 11.6 Å². The largest absolute Gasteiger partial charge is 0.493 e. The lowest BCUT2D eigenvalue weighted by atomic mass is 9.62. The van der Waals surface area contributed by atoms with Gasteiger partial charge in [-0.05, 0) is 54.5 Å². The van der Waals surface area contributed by atoms with Gasteiger partial charge in [0.05, 0.1) is 18.6 Å². The van der Waals surface area contributed by atoms with Gasteiger partial charge < -0.3 is 19.7 Å². The number of hydrogen-bond donors (Lipinski definition) is 1. The van der Waals surface area contributed by atoms with Crippen LogP contribution in [0.5, 0.6) is 5.75 Å². The van der Waals surface area contributed by atoms with E-state index in [0.29, 0.717) is 45.0 Å². The third-order valence-electron chi connectivity index (χ3n) is 7.77. The van der Waals surface area contributed by atoms with E-state index >= 15 is 0 Å². The van der Waals surface area contributed by atoms with Crippen molar-refractivity contribution in [3.8, 4) is 5.75 Å². The summed E-state index contributed by atoms with van der Waals surface area (Å²) in [5, 5.41) is 3.45. The lowest BCUT2D eigenvalue weighted by Crippen LogP contribution is -2.51. The van der Waals surface area contributed by atoms with E-state index in [-0.39, 0.29) is 35.0 Å². The molecule has 0 saturated carbocycles. The number of nitrogens with one attached hydrogen (secondary N) is 1. The molecule has 2 aromatic rings. The fraction of sp³-hybridized carbons (Fsp3) is 0.536. The van der Waals surface area contributed by atoms with Crippen LogP contribution in [0, 0.1) is 11.2 Å². The highest BCUT2D eigenvalue weighted by molar-refractivity contribution is 5.79. The number of halogens is 4. The molecule has 5 nitrogen and oxygen atoms in total. The van der Waals surface area contributed by atoms with Crippen LogP contribution < -0.4 is 10.1 Å². The van der Waals surface area contributed by atoms with Crippen molar-refractivity contribution < 1.29 is 31.8 Å². The van der Waals surface area contributed by atoms with Crippen LogP contribution in [0.3, 0.4) is 0 Å². The Bertz CT molecular complexity index is 1070. The van der Waals surface area contributed by atoms with Gasteiger partial charge in [-0.15, -0.1) is 0 Å². The van der Waals surface area contributed by atoms with Crippen molar-refractivity contribution in [3.05, 3.63) is 65.0 Å². The fourth-order valence-electron chi connectivity index (χ4n) is 5.75. The molecule has 2 fully saturated rings. The monoisotopic (exact) mass is 522 g/mol. The number of benzene rings is 2. The fourth-order valence-corrected chi connectivity index (χ4v) is 5.75. The van der Waals surface area contributed by atoms with Gasteiger partial charge in [0.2, 0.25) is 5.91 Å². The number of alkyl halides is 3. The summed E-state index contributed by atoms with van der Waals surface area (Å²) >= 11 is 0. The molecule has 1 unspecified atom stereocenters. The normalized spacial score (nSPS) is 19.7. The van der Waals surface area contributed by atoms with Crippen LogP contribution in [0.15, 0.2) is 42.5 Å². The van der Waals surface area contributed by atoms with Gasteiger partial charge in [0.15, 0.2) is 0 Å². The molecule has 0 aliphatic carbocycles. The number of carbonyl (C=O) groups excluding carboxylic acids is 1. The van der Waals surface area contributed by atoms with E-state index in [0.717, 1.165) is 37.4 Å². The third-order valence-corrected chi connectivity index (χ3v) is 7.77. The van der Waals surface area contributed by atoms with Gasteiger partial charge in [-0.3, -0.25) is 4.79 Å². The molecule has 2 aliphatic rings. The number of ether oxygens (including phenoxy) is 2. The molecule has 0 bridgehead atoms. The molecule has 2 aliphatic heterocycles. The van der Waals surface area contributed by atoms with E-state index in [4.69, 9.17) is 9.47 Å². The molecule has 1 spiro atoms. The highest BCUT2D eigenvalue weighted by Crippen LogP contribution is 2.50. The van der Waals surface area contributed by atoms with Crippen LogP contribution in [0.4, 0.5) is 17.6 Å². The number of likely N-dealkylation sites (tertiary alicyclic amines) is 1. The summed E-state index contributed by atoms with van der Waals surface area (Å²) in [4.78, 5) is 14.7. The smallest absolute Gasteiger partial charge is 0.416 e. The molecule has 9 heteroatoms. The van der Waals surface area contributed by atoms with Gasteiger partial charge in [0, 0.05) is 51.8 Å². The van der Waals surface area contributed by atoms with Crippen LogP contribution in [0.2, 0.25) is 0 Å². The van der Waals surface area contributed by atoms with Crippen molar-refractivity contribution in [3.63, 3.8) is 0 Å². The second-order valence-electron chi connectivity index (χ2n) is 9.96. The Morgan fingerprint density at radius 2 is 1.86 bits per heavy atom. The average Bonchev–Trinajstić information content (AvgIpc) is 2.87. The molecule has 1 amide bonds. The summed E-state index contributed by atoms with van der Waals surface area (Å²) in [6.45, 7) is 3.49. The minimum atomic E-state index is -4.50. The molecule has 37 heavy (non-hydrogen) atoms. The molecular formula is C28H34F4N2O3. The first-order valence-corrected chi connectivity index (χ1v) is 12.8. The van der Waals surface area contributed by atoms with Gasteiger partial charge >= 0.3 is 6.18 Å². The number of nitrogens with zero attached hydrogens (tertiary/aromatic N) is 1. The lowest BCUT2D eigenvalue weighted by molar-refractivity contribution is -0.139. The first-order valence-electron chi connectivity index (χ1n) is 12.8. The number of piperidine rings is 2. The first kappa shape index (κ1) is 27.4. The summed E-state index contributed by atoms with van der Waals surface area (Å²) < 4.78 is 65.3. The first-order chi connectivity index (χ1) is 17.7. The van der Waals surface area contributed by atoms with Gasteiger partial charge in [-0.2, -0.15) is 13.2 Å². The standard InChI is InChI=1S/C28H34F4N2O3/c1-36-15-4-16-37-25-18-21(29)7-8-22(25)24-19-33-12-9-27(24)10-13-34(14-11-27)26(35)17-20-5-2-3-6-23(20)28(30,31)32/h2-3,5-8,18,24,33H,4,9-17,19H2,1H3. The molecule has 202 valence electrons. The summed E-state index contributed by atoms with van der Waals surface area (Å²) in [5.41, 5.74) is 0.0880. The second-order valence-corrected chi connectivity index (χ2v) is 9.96. The van der Waals surface area contributed by atoms with E-state index in [2.05, 4.69) is 5.32 Å². The summed E-state index contributed by atoms with van der Waals surface area (Å²) in [6, 6.07) is 9.94. The molecule has 0 aromatic heterocycles. The Kier molecular flexibility index (Phi) is 8.75. The Balaban J connectivity index is 1.47. The molecule has 1 atom stereocenters. The van der Waals surface area contributed by atoms with Crippen LogP contribution in [-0.4, -0.2) is 57.3 Å². The zero-order valence-corrected chi connectivity index (χ0v) is 21.1. The number of carbonyl (C=O) groups is 1. The predicted molar refractivity (Wildman–Crippen MR) is 132 cm³/mol. The van der Waals surface area contributed by atoms with Crippen molar-refractivity contribution in [1.29, 1.82) is 0 Å². The highest BCUT2D eigenvalue weighted by Gasteiger charge is 2.45. The summed E-state index contributed by atoms with van der Waals surface area (Å²) in [7, 11) is 1.62. The maximum absolute atomic E-state index is 14.1. The van der Waals surface area contributed by atoms with E-state index < -0.39 is 11.7 Å². The Hall–Kier alpha value is -2.65. The topological polar surface area (TPSA) is 50.8 Å². The second kappa shape index (κ2) is 11.8. The maximum Gasteiger partial charge on any atom is 0.416 e. The van der Waals surface area contributed by atoms with Crippen LogP contribution in [0.1, 0.15) is 48.3 Å². The average molecular weight is 523 g/mol. The molecule has 2 saturated heterocycles. The van der Waals surface area contributed by atoms with E-state index in [1.54, 1.807) is 18.1 Å². The number of hydrogen-bond acceptors (Lipinski definition) is 4. The molecule has 4 rings (SSSR count). The number of rotatable bonds is 8. The Morgan fingerprint density at radius 3 is 2.59 bits per heavy atom. The zero-order chi connectivity index (χ0) is 26.5. The zero-order valence-electron chi connectivity index (χ0n) is 21.1. The van der Waals surface area contributed by atoms with E-state index in [1.807, 2.05) is 0 Å². The minimum Gasteiger partial charge on any atom is -0.493 e. The minimum absolute atomic E-state index is 0.00149. The number of amides is 1. The molecular weight excluding hydrogens is 488 g/mol. The van der Waals surface area contributed by atoms with Crippen molar-refractivity contribution in [2.75, 3.05) is 46.5 Å². The van der Waals surface area contributed by atoms with Crippen molar-refractivity contribution in [1.82, 2.24) is 10.2 Å². The van der Waals surface area contributed by atoms with Crippen molar-refractivity contribution >= 4 is 5.91 Å². The third kappa shape index (κ3) is 6.44. The lowest BCUT2D eigenvalue weighted by Gasteiger charge is -2.50. The van der Waals surface area contributed by atoms with Gasteiger partial charge in [-0.1, -0.05) is 24.3 Å². The number of methoxy groups -OCH3 is 1. The van der Waals surface area contributed by atoms with E-state index in [1.165, 1.54) is 30.3 Å². The molecule has 2 heterocycles. The quantitative estimate of drug-likeness (QED) is 0.383. The Labute approximate surface area is 215 Å². The molecule has 0 radical (unpaired) electrons. The van der Waals surface area contributed by atoms with Crippen LogP contribution in [-0.2, 0) is 22.1 Å². The SMILES string of the molecule is COCCCOc1cc(F)ccc1C1CNCCC12CCN(C(=O)Cc1ccccc1C(F)(F)F)CC2. The maximum atomic E-state index is 14.1. The van der Waals surface area contributed by atoms with Crippen LogP contribution in [0.25, 0.3) is 0 Å². The van der Waals surface area contributed by atoms with Gasteiger partial charge in [0.25, 0.3) is 0 Å². The van der Waals surface area contributed by atoms with E-state index in [9.17, 15) is 22.4 Å². The van der Waals surface area contributed by atoms with Crippen molar-refractivity contribution in [2.24, 2.45) is 5.41 Å². The van der Waals surface area contributed by atoms with Crippen LogP contribution >= 0.6 is 0 Å². The molecule has 2 aromatic carbocycles. The molecule has 1 N–H and O–H groups in total. The van der Waals surface area contributed by atoms with Crippen molar-refractivity contribution in [2.45, 2.75) is 44.2 Å². The highest BCUT2D eigenvalue weighted by atomic mass is 19.4. The summed E-state index contributed by atoms with van der Waals surface area (Å²) in [6.07, 6.45) is -1.72. The van der Waals surface area contributed by atoms with Gasteiger partial charge in [-0.25, -0.2) is 4.39 Å². The summed E-state index contributed by atoms with van der Waals surface area (Å²) in [5.74, 6) is -0.0437. The Morgan fingerprint density at radius 1 is 1.11 bits per heavy atom.